The molecule has 6 nitrogen and oxygen atoms in total. The van der Waals surface area contributed by atoms with E-state index in [9.17, 15) is 9.59 Å². The molecule has 2 aromatic rings. The highest BCUT2D eigenvalue weighted by Crippen LogP contribution is 2.20. The first-order valence-electron chi connectivity index (χ1n) is 6.62. The third-order valence-electron chi connectivity index (χ3n) is 2.98. The van der Waals surface area contributed by atoms with Crippen molar-refractivity contribution in [1.82, 2.24) is 14.8 Å². The van der Waals surface area contributed by atoms with Crippen LogP contribution in [-0.4, -0.2) is 32.5 Å². The number of H-pyrrole nitrogens is 1. The largest absolute Gasteiger partial charge is 0.343 e. The summed E-state index contributed by atoms with van der Waals surface area (Å²) in [7, 11) is 1.62. The molecule has 0 fully saturated rings. The SMILES string of the molecule is CC(C)N(C(=O)CSc1n[nH]c(=O)n1C)c1ccccc1. The van der Waals surface area contributed by atoms with Crippen LogP contribution in [0, 0.1) is 0 Å². The molecule has 0 spiro atoms. The summed E-state index contributed by atoms with van der Waals surface area (Å²) < 4.78 is 1.39. The molecule has 0 radical (unpaired) electrons. The standard InChI is InChI=1S/C14H18N4O2S/c1-10(2)18(11-7-5-4-6-8-11)12(19)9-21-14-16-15-13(20)17(14)3/h4-8,10H,9H2,1-3H3,(H,15,20). The van der Waals surface area contributed by atoms with E-state index in [-0.39, 0.29) is 23.4 Å². The van der Waals surface area contributed by atoms with Crippen LogP contribution >= 0.6 is 11.8 Å². The smallest absolute Gasteiger partial charge is 0.309 e. The van der Waals surface area contributed by atoms with Gasteiger partial charge < -0.3 is 4.90 Å². The Morgan fingerprint density at radius 1 is 1.38 bits per heavy atom. The van der Waals surface area contributed by atoms with Crippen molar-refractivity contribution in [3.63, 3.8) is 0 Å². The number of carbonyl (C=O) groups is 1. The van der Waals surface area contributed by atoms with Crippen LogP contribution in [0.5, 0.6) is 0 Å². The minimum atomic E-state index is -0.284. The van der Waals surface area contributed by atoms with Crippen molar-refractivity contribution in [3.8, 4) is 0 Å². The first-order valence-corrected chi connectivity index (χ1v) is 7.60. The average Bonchev–Trinajstić information content (AvgIpc) is 2.77. The molecule has 0 saturated carbocycles. The average molecular weight is 306 g/mol. The van der Waals surface area contributed by atoms with Crippen LogP contribution in [0.15, 0.2) is 40.3 Å². The second-order valence-electron chi connectivity index (χ2n) is 4.85. The maximum Gasteiger partial charge on any atom is 0.343 e. The lowest BCUT2D eigenvalue weighted by Crippen LogP contribution is -2.38. The quantitative estimate of drug-likeness (QED) is 0.853. The van der Waals surface area contributed by atoms with Crippen molar-refractivity contribution in [2.24, 2.45) is 7.05 Å². The van der Waals surface area contributed by atoms with Gasteiger partial charge in [0.15, 0.2) is 5.16 Å². The van der Waals surface area contributed by atoms with E-state index in [0.717, 1.165) is 5.69 Å². The number of para-hydroxylation sites is 1. The first-order chi connectivity index (χ1) is 10.0. The Morgan fingerprint density at radius 2 is 2.05 bits per heavy atom. The van der Waals surface area contributed by atoms with Gasteiger partial charge >= 0.3 is 5.69 Å². The van der Waals surface area contributed by atoms with Crippen molar-refractivity contribution in [3.05, 3.63) is 40.8 Å². The molecule has 0 aliphatic rings. The molecule has 0 atom stereocenters. The highest BCUT2D eigenvalue weighted by atomic mass is 32.2. The molecule has 0 aliphatic carbocycles. The Bertz CT molecular complexity index is 663. The van der Waals surface area contributed by atoms with Crippen molar-refractivity contribution < 1.29 is 4.79 Å². The molecule has 2 rings (SSSR count). The Morgan fingerprint density at radius 3 is 2.57 bits per heavy atom. The van der Waals surface area contributed by atoms with Gasteiger partial charge in [0.2, 0.25) is 5.91 Å². The fourth-order valence-corrected chi connectivity index (χ4v) is 2.75. The molecular weight excluding hydrogens is 288 g/mol. The topological polar surface area (TPSA) is 71.0 Å². The zero-order chi connectivity index (χ0) is 15.4. The van der Waals surface area contributed by atoms with Gasteiger partial charge in [0.25, 0.3) is 0 Å². The maximum absolute atomic E-state index is 12.5. The van der Waals surface area contributed by atoms with Gasteiger partial charge in [0.05, 0.1) is 5.75 Å². The van der Waals surface area contributed by atoms with E-state index in [1.165, 1.54) is 16.3 Å². The summed E-state index contributed by atoms with van der Waals surface area (Å²) in [5.74, 6) is 0.210. The van der Waals surface area contributed by atoms with Crippen molar-refractivity contribution >= 4 is 23.4 Å². The number of carbonyl (C=O) groups excluding carboxylic acids is 1. The second kappa shape index (κ2) is 6.62. The number of aromatic amines is 1. The Hall–Kier alpha value is -2.02. The number of nitrogens with zero attached hydrogens (tertiary/aromatic N) is 3. The molecule has 7 heteroatoms. The molecule has 0 aliphatic heterocycles. The van der Waals surface area contributed by atoms with Crippen molar-refractivity contribution in [2.75, 3.05) is 10.7 Å². The molecule has 1 N–H and O–H groups in total. The summed E-state index contributed by atoms with van der Waals surface area (Å²) in [5.41, 5.74) is 0.586. The van der Waals surface area contributed by atoms with Gasteiger partial charge in [-0.1, -0.05) is 30.0 Å². The second-order valence-corrected chi connectivity index (χ2v) is 5.79. The van der Waals surface area contributed by atoms with Gasteiger partial charge in [-0.3, -0.25) is 9.36 Å². The van der Waals surface area contributed by atoms with Crippen LogP contribution < -0.4 is 10.6 Å². The summed E-state index contributed by atoms with van der Waals surface area (Å²) in [5, 5.41) is 6.74. The molecule has 0 saturated heterocycles. The first kappa shape index (κ1) is 15.4. The molecule has 1 aromatic carbocycles. The number of nitrogens with one attached hydrogen (secondary N) is 1. The summed E-state index contributed by atoms with van der Waals surface area (Å²) in [6.45, 7) is 3.94. The third kappa shape index (κ3) is 3.55. The Balaban J connectivity index is 2.10. The highest BCUT2D eigenvalue weighted by Gasteiger charge is 2.19. The lowest BCUT2D eigenvalue weighted by molar-refractivity contribution is -0.116. The van der Waals surface area contributed by atoms with E-state index in [4.69, 9.17) is 0 Å². The summed E-state index contributed by atoms with van der Waals surface area (Å²) in [4.78, 5) is 25.5. The minimum Gasteiger partial charge on any atom is -0.309 e. The molecule has 21 heavy (non-hydrogen) atoms. The number of thioether (sulfide) groups is 1. The molecule has 0 bridgehead atoms. The number of aromatic nitrogens is 3. The lowest BCUT2D eigenvalue weighted by atomic mass is 10.2. The van der Waals surface area contributed by atoms with Crippen LogP contribution in [0.4, 0.5) is 5.69 Å². The fourth-order valence-electron chi connectivity index (χ4n) is 1.98. The van der Waals surface area contributed by atoms with E-state index >= 15 is 0 Å². The molecule has 0 unspecified atom stereocenters. The molecule has 112 valence electrons. The lowest BCUT2D eigenvalue weighted by Gasteiger charge is -2.26. The van der Waals surface area contributed by atoms with E-state index in [1.807, 2.05) is 44.2 Å². The van der Waals surface area contributed by atoms with Gasteiger partial charge in [0.1, 0.15) is 0 Å². The summed E-state index contributed by atoms with van der Waals surface area (Å²) in [6, 6.07) is 9.61. The van der Waals surface area contributed by atoms with Crippen LogP contribution in [0.25, 0.3) is 0 Å². The number of amides is 1. The van der Waals surface area contributed by atoms with E-state index in [2.05, 4.69) is 10.2 Å². The number of hydrogen-bond donors (Lipinski definition) is 1. The zero-order valence-corrected chi connectivity index (χ0v) is 13.1. The fraction of sp³-hybridized carbons (Fsp3) is 0.357. The minimum absolute atomic E-state index is 0.0170. The maximum atomic E-state index is 12.5. The van der Waals surface area contributed by atoms with Gasteiger partial charge in [-0.2, -0.15) is 0 Å². The Kier molecular flexibility index (Phi) is 4.85. The van der Waals surface area contributed by atoms with Crippen molar-refractivity contribution in [2.45, 2.75) is 25.0 Å². The summed E-state index contributed by atoms with van der Waals surface area (Å²) in [6.07, 6.45) is 0. The predicted molar refractivity (Wildman–Crippen MR) is 83.6 cm³/mol. The van der Waals surface area contributed by atoms with Crippen LogP contribution in [-0.2, 0) is 11.8 Å². The predicted octanol–water partition coefficient (Wildman–Crippen LogP) is 1.64. The normalized spacial score (nSPS) is 10.9. The molecule has 1 amide bonds. The number of hydrogen-bond acceptors (Lipinski definition) is 4. The highest BCUT2D eigenvalue weighted by molar-refractivity contribution is 7.99. The van der Waals surface area contributed by atoms with Crippen molar-refractivity contribution in [1.29, 1.82) is 0 Å². The van der Waals surface area contributed by atoms with E-state index in [0.29, 0.717) is 5.16 Å². The van der Waals surface area contributed by atoms with Gasteiger partial charge in [0, 0.05) is 18.8 Å². The molecule has 1 aromatic heterocycles. The molecule has 1 heterocycles. The number of benzene rings is 1. The van der Waals surface area contributed by atoms with E-state index < -0.39 is 0 Å². The number of rotatable bonds is 5. The monoisotopic (exact) mass is 306 g/mol. The zero-order valence-electron chi connectivity index (χ0n) is 12.2. The molecular formula is C14H18N4O2S. The Labute approximate surface area is 127 Å². The van der Waals surface area contributed by atoms with Crippen LogP contribution in [0.3, 0.4) is 0 Å². The van der Waals surface area contributed by atoms with Crippen LogP contribution in [0.1, 0.15) is 13.8 Å². The number of anilines is 1. The van der Waals surface area contributed by atoms with Gasteiger partial charge in [-0.15, -0.1) is 5.10 Å². The van der Waals surface area contributed by atoms with E-state index in [1.54, 1.807) is 11.9 Å². The van der Waals surface area contributed by atoms with Gasteiger partial charge in [-0.05, 0) is 26.0 Å². The third-order valence-corrected chi connectivity index (χ3v) is 4.00. The van der Waals surface area contributed by atoms with Crippen LogP contribution in [0.2, 0.25) is 0 Å². The van der Waals surface area contributed by atoms with Gasteiger partial charge in [-0.25, -0.2) is 9.89 Å². The summed E-state index contributed by atoms with van der Waals surface area (Å²) >= 11 is 1.25.